The molecule has 0 atom stereocenters. The maximum Gasteiger partial charge on any atom is 0.127 e. The third-order valence-electron chi connectivity index (χ3n) is 4.07. The number of benzene rings is 3. The molecule has 2 N–H and O–H groups in total. The van der Waals surface area contributed by atoms with E-state index in [0.29, 0.717) is 19.8 Å². The van der Waals surface area contributed by atoms with E-state index in [0.717, 1.165) is 28.4 Å². The van der Waals surface area contributed by atoms with Crippen LogP contribution in [-0.4, -0.2) is 20.3 Å². The number of ether oxygens (including phenoxy) is 3. The number of hydrogen-bond acceptors (Lipinski definition) is 4. The van der Waals surface area contributed by atoms with Gasteiger partial charge < -0.3 is 19.9 Å². The number of methoxy groups -OCH3 is 1. The van der Waals surface area contributed by atoms with Crippen LogP contribution in [0.15, 0.2) is 72.8 Å². The van der Waals surface area contributed by atoms with Crippen molar-refractivity contribution in [3.8, 4) is 28.4 Å². The van der Waals surface area contributed by atoms with Crippen molar-refractivity contribution in [2.24, 2.45) is 5.73 Å². The second kappa shape index (κ2) is 8.92. The summed E-state index contributed by atoms with van der Waals surface area (Å²) in [5.74, 6) is 2.29. The lowest BCUT2D eigenvalue weighted by Gasteiger charge is -2.13. The Kier molecular flexibility index (Phi) is 6.12. The van der Waals surface area contributed by atoms with Gasteiger partial charge in [-0.1, -0.05) is 48.5 Å². The third-order valence-corrected chi connectivity index (χ3v) is 4.07. The second-order valence-electron chi connectivity index (χ2n) is 5.77. The molecule has 0 amide bonds. The van der Waals surface area contributed by atoms with Crippen LogP contribution in [0, 0.1) is 0 Å². The SMILES string of the molecule is COc1ccc(CN)c(OCCOc2ccc(-c3ccccc3)cc2)c1. The lowest BCUT2D eigenvalue weighted by atomic mass is 10.1. The largest absolute Gasteiger partial charge is 0.497 e. The molecular weight excluding hydrogens is 326 g/mol. The van der Waals surface area contributed by atoms with Crippen molar-refractivity contribution in [3.63, 3.8) is 0 Å². The molecule has 134 valence electrons. The van der Waals surface area contributed by atoms with Crippen molar-refractivity contribution in [2.45, 2.75) is 6.54 Å². The molecule has 0 heterocycles. The van der Waals surface area contributed by atoms with Gasteiger partial charge in [0.1, 0.15) is 30.5 Å². The first-order chi connectivity index (χ1) is 12.8. The summed E-state index contributed by atoms with van der Waals surface area (Å²) in [6, 6.07) is 23.9. The van der Waals surface area contributed by atoms with Crippen molar-refractivity contribution < 1.29 is 14.2 Å². The van der Waals surface area contributed by atoms with Crippen LogP contribution in [0.1, 0.15) is 5.56 Å². The van der Waals surface area contributed by atoms with Crippen LogP contribution < -0.4 is 19.9 Å². The third kappa shape index (κ3) is 4.55. The van der Waals surface area contributed by atoms with Gasteiger partial charge in [0.25, 0.3) is 0 Å². The molecule has 3 aromatic rings. The van der Waals surface area contributed by atoms with E-state index in [4.69, 9.17) is 19.9 Å². The lowest BCUT2D eigenvalue weighted by Crippen LogP contribution is -2.11. The van der Waals surface area contributed by atoms with Crippen LogP contribution >= 0.6 is 0 Å². The molecule has 0 bridgehead atoms. The lowest BCUT2D eigenvalue weighted by molar-refractivity contribution is 0.215. The maximum absolute atomic E-state index is 5.80. The molecule has 0 saturated heterocycles. The average molecular weight is 349 g/mol. The van der Waals surface area contributed by atoms with E-state index >= 15 is 0 Å². The van der Waals surface area contributed by atoms with Gasteiger partial charge in [0, 0.05) is 18.2 Å². The summed E-state index contributed by atoms with van der Waals surface area (Å²) >= 11 is 0. The summed E-state index contributed by atoms with van der Waals surface area (Å²) < 4.78 is 16.8. The highest BCUT2D eigenvalue weighted by atomic mass is 16.5. The quantitative estimate of drug-likeness (QED) is 0.617. The van der Waals surface area contributed by atoms with Gasteiger partial charge >= 0.3 is 0 Å². The summed E-state index contributed by atoms with van der Waals surface area (Å²) in [7, 11) is 1.63. The van der Waals surface area contributed by atoms with E-state index in [-0.39, 0.29) is 0 Å². The predicted molar refractivity (Wildman–Crippen MR) is 104 cm³/mol. The van der Waals surface area contributed by atoms with Gasteiger partial charge in [0.2, 0.25) is 0 Å². The minimum absolute atomic E-state index is 0.418. The fourth-order valence-electron chi connectivity index (χ4n) is 2.65. The van der Waals surface area contributed by atoms with Gasteiger partial charge in [-0.25, -0.2) is 0 Å². The van der Waals surface area contributed by atoms with E-state index in [9.17, 15) is 0 Å². The number of nitrogens with two attached hydrogens (primary N) is 1. The van der Waals surface area contributed by atoms with Crippen molar-refractivity contribution in [1.29, 1.82) is 0 Å². The van der Waals surface area contributed by atoms with Crippen molar-refractivity contribution in [3.05, 3.63) is 78.4 Å². The molecule has 0 unspecified atom stereocenters. The molecule has 4 nitrogen and oxygen atoms in total. The molecule has 26 heavy (non-hydrogen) atoms. The van der Waals surface area contributed by atoms with Crippen LogP contribution in [0.25, 0.3) is 11.1 Å². The van der Waals surface area contributed by atoms with Crippen LogP contribution in [0.3, 0.4) is 0 Å². The Balaban J connectivity index is 1.52. The van der Waals surface area contributed by atoms with E-state index in [1.54, 1.807) is 7.11 Å². The summed E-state index contributed by atoms with van der Waals surface area (Å²) in [6.07, 6.45) is 0. The molecule has 0 radical (unpaired) electrons. The van der Waals surface area contributed by atoms with Crippen molar-refractivity contribution in [2.75, 3.05) is 20.3 Å². The van der Waals surface area contributed by atoms with Crippen LogP contribution in [0.4, 0.5) is 0 Å². The predicted octanol–water partition coefficient (Wildman–Crippen LogP) is 4.28. The molecule has 0 saturated carbocycles. The standard InChI is InChI=1S/C22H23NO3/c1-24-21-12-9-19(16-23)22(15-21)26-14-13-25-20-10-7-18(8-11-20)17-5-3-2-4-6-17/h2-12,15H,13-14,16,23H2,1H3. The van der Waals surface area contributed by atoms with Gasteiger partial charge in [-0.05, 0) is 29.3 Å². The zero-order chi connectivity index (χ0) is 18.2. The molecule has 0 aromatic heterocycles. The number of hydrogen-bond donors (Lipinski definition) is 1. The highest BCUT2D eigenvalue weighted by molar-refractivity contribution is 5.63. The number of rotatable bonds is 8. The Labute approximate surface area is 154 Å². The molecule has 0 aliphatic carbocycles. The highest BCUT2D eigenvalue weighted by Crippen LogP contribution is 2.25. The second-order valence-corrected chi connectivity index (χ2v) is 5.77. The zero-order valence-corrected chi connectivity index (χ0v) is 14.9. The summed E-state index contributed by atoms with van der Waals surface area (Å²) in [4.78, 5) is 0. The topological polar surface area (TPSA) is 53.7 Å². The fourth-order valence-corrected chi connectivity index (χ4v) is 2.65. The minimum atomic E-state index is 0.418. The molecular formula is C22H23NO3. The van der Waals surface area contributed by atoms with Gasteiger partial charge in [0.15, 0.2) is 0 Å². The Morgan fingerprint density at radius 3 is 2.08 bits per heavy atom. The monoisotopic (exact) mass is 349 g/mol. The Bertz CT molecular complexity index is 817. The molecule has 0 aliphatic rings. The molecule has 0 spiro atoms. The van der Waals surface area contributed by atoms with Crippen molar-refractivity contribution >= 4 is 0 Å². The van der Waals surface area contributed by atoms with E-state index in [1.165, 1.54) is 5.56 Å². The van der Waals surface area contributed by atoms with Crippen molar-refractivity contribution in [1.82, 2.24) is 0 Å². The first-order valence-electron chi connectivity index (χ1n) is 8.58. The highest BCUT2D eigenvalue weighted by Gasteiger charge is 2.05. The van der Waals surface area contributed by atoms with E-state index < -0.39 is 0 Å². The summed E-state index contributed by atoms with van der Waals surface area (Å²) in [5.41, 5.74) is 9.04. The van der Waals surface area contributed by atoms with Gasteiger partial charge in [-0.2, -0.15) is 0 Å². The zero-order valence-electron chi connectivity index (χ0n) is 14.9. The minimum Gasteiger partial charge on any atom is -0.497 e. The smallest absolute Gasteiger partial charge is 0.127 e. The summed E-state index contributed by atoms with van der Waals surface area (Å²) in [6.45, 7) is 1.30. The average Bonchev–Trinajstić information content (AvgIpc) is 2.72. The molecule has 3 aromatic carbocycles. The summed E-state index contributed by atoms with van der Waals surface area (Å²) in [5, 5.41) is 0. The molecule has 3 rings (SSSR count). The van der Waals surface area contributed by atoms with E-state index in [1.807, 2.05) is 48.5 Å². The maximum atomic E-state index is 5.80. The Morgan fingerprint density at radius 2 is 1.38 bits per heavy atom. The Morgan fingerprint density at radius 1 is 0.731 bits per heavy atom. The van der Waals surface area contributed by atoms with Gasteiger partial charge in [-0.15, -0.1) is 0 Å². The molecule has 4 heteroatoms. The Hall–Kier alpha value is -2.98. The van der Waals surface area contributed by atoms with Gasteiger partial charge in [-0.3, -0.25) is 0 Å². The fraction of sp³-hybridized carbons (Fsp3) is 0.182. The first kappa shape index (κ1) is 17.8. The van der Waals surface area contributed by atoms with Gasteiger partial charge in [0.05, 0.1) is 7.11 Å². The van der Waals surface area contributed by atoms with Crippen LogP contribution in [0.2, 0.25) is 0 Å². The van der Waals surface area contributed by atoms with Crippen LogP contribution in [0.5, 0.6) is 17.2 Å². The normalized spacial score (nSPS) is 10.4. The molecule has 0 aliphatic heterocycles. The van der Waals surface area contributed by atoms with E-state index in [2.05, 4.69) is 24.3 Å². The first-order valence-corrected chi connectivity index (χ1v) is 8.58. The van der Waals surface area contributed by atoms with Crippen LogP contribution in [-0.2, 0) is 6.54 Å². The molecule has 0 fully saturated rings.